The van der Waals surface area contributed by atoms with Crippen molar-refractivity contribution in [2.45, 2.75) is 102 Å². The average molecular weight is 263 g/mol. The highest BCUT2D eigenvalue weighted by Crippen LogP contribution is 2.49. The van der Waals surface area contributed by atoms with Crippen molar-refractivity contribution in [1.29, 1.82) is 0 Å². The first-order valence-corrected chi connectivity index (χ1v) is 9.02. The average Bonchev–Trinajstić information content (AvgIpc) is 2.77. The van der Waals surface area contributed by atoms with Crippen molar-refractivity contribution >= 4 is 0 Å². The molecule has 0 radical (unpaired) electrons. The van der Waals surface area contributed by atoms with E-state index in [0.717, 1.165) is 23.4 Å². The van der Waals surface area contributed by atoms with Gasteiger partial charge in [-0.15, -0.1) is 0 Å². The van der Waals surface area contributed by atoms with Crippen molar-refractivity contribution in [2.24, 2.45) is 11.3 Å². The molecule has 0 heterocycles. The molecule has 3 rings (SSSR count). The molecule has 2 atom stereocenters. The maximum absolute atomic E-state index is 4.02. The Balaban J connectivity index is 1.44. The van der Waals surface area contributed by atoms with E-state index in [0.29, 0.717) is 0 Å². The molecule has 110 valence electrons. The van der Waals surface area contributed by atoms with Gasteiger partial charge < -0.3 is 5.32 Å². The third kappa shape index (κ3) is 3.54. The summed E-state index contributed by atoms with van der Waals surface area (Å²) >= 11 is 0. The van der Waals surface area contributed by atoms with Crippen LogP contribution in [0.2, 0.25) is 0 Å². The molecule has 3 aliphatic carbocycles. The van der Waals surface area contributed by atoms with Crippen molar-refractivity contribution in [2.75, 3.05) is 0 Å². The van der Waals surface area contributed by atoms with Crippen molar-refractivity contribution in [1.82, 2.24) is 5.32 Å². The Morgan fingerprint density at radius 3 is 2.11 bits per heavy atom. The van der Waals surface area contributed by atoms with Gasteiger partial charge in [-0.25, -0.2) is 0 Å². The summed E-state index contributed by atoms with van der Waals surface area (Å²) in [7, 11) is 0. The minimum atomic E-state index is 0.802. The third-order valence-corrected chi connectivity index (χ3v) is 6.44. The standard InChI is InChI=1S/C18H33N/c1-15-5-4-6-16(8-7-15)19-17-9-13-18(14-10-17)11-2-3-12-18/h15-17,19H,2-14H2,1H3. The smallest absolute Gasteiger partial charge is 0.00700 e. The first kappa shape index (κ1) is 13.9. The van der Waals surface area contributed by atoms with E-state index in [1.54, 1.807) is 12.8 Å². The van der Waals surface area contributed by atoms with Crippen molar-refractivity contribution in [3.63, 3.8) is 0 Å². The lowest BCUT2D eigenvalue weighted by Crippen LogP contribution is -2.42. The zero-order valence-electron chi connectivity index (χ0n) is 12.9. The molecule has 1 nitrogen and oxygen atoms in total. The van der Waals surface area contributed by atoms with Gasteiger partial charge in [-0.05, 0) is 69.1 Å². The predicted octanol–water partition coefficient (Wildman–Crippen LogP) is 5.05. The molecule has 0 bridgehead atoms. The minimum absolute atomic E-state index is 0.802. The highest BCUT2D eigenvalue weighted by atomic mass is 15.0. The van der Waals surface area contributed by atoms with Crippen LogP contribution in [0, 0.1) is 11.3 Å². The molecule has 0 aliphatic heterocycles. The van der Waals surface area contributed by atoms with Crippen LogP contribution in [-0.4, -0.2) is 12.1 Å². The normalized spacial score (nSPS) is 36.5. The SMILES string of the molecule is CC1CCCC(NC2CCC3(CCCC3)CC2)CC1. The summed E-state index contributed by atoms with van der Waals surface area (Å²) in [6, 6.07) is 1.69. The van der Waals surface area contributed by atoms with E-state index in [1.165, 1.54) is 70.6 Å². The van der Waals surface area contributed by atoms with Crippen molar-refractivity contribution < 1.29 is 0 Å². The Labute approximate surface area is 119 Å². The van der Waals surface area contributed by atoms with E-state index >= 15 is 0 Å². The molecular formula is C18H33N. The molecule has 0 aromatic rings. The number of hydrogen-bond acceptors (Lipinski definition) is 1. The maximum Gasteiger partial charge on any atom is 0.00700 e. The predicted molar refractivity (Wildman–Crippen MR) is 82.3 cm³/mol. The van der Waals surface area contributed by atoms with Crippen LogP contribution in [-0.2, 0) is 0 Å². The fraction of sp³-hybridized carbons (Fsp3) is 1.00. The lowest BCUT2D eigenvalue weighted by molar-refractivity contribution is 0.160. The van der Waals surface area contributed by atoms with E-state index in [2.05, 4.69) is 12.2 Å². The monoisotopic (exact) mass is 263 g/mol. The van der Waals surface area contributed by atoms with Gasteiger partial charge in [0.15, 0.2) is 0 Å². The second-order valence-corrected chi connectivity index (χ2v) is 7.96. The van der Waals surface area contributed by atoms with Gasteiger partial charge in [-0.1, -0.05) is 32.6 Å². The molecule has 0 saturated heterocycles. The van der Waals surface area contributed by atoms with Gasteiger partial charge in [-0.3, -0.25) is 0 Å². The molecule has 0 amide bonds. The zero-order chi connectivity index (χ0) is 13.1. The summed E-state index contributed by atoms with van der Waals surface area (Å²) in [5.41, 5.74) is 0.802. The van der Waals surface area contributed by atoms with Gasteiger partial charge in [0.1, 0.15) is 0 Å². The molecule has 1 spiro atoms. The Morgan fingerprint density at radius 2 is 1.37 bits per heavy atom. The molecule has 0 aromatic carbocycles. The van der Waals surface area contributed by atoms with Crippen LogP contribution in [0.15, 0.2) is 0 Å². The Morgan fingerprint density at radius 1 is 0.684 bits per heavy atom. The first-order valence-electron chi connectivity index (χ1n) is 9.02. The molecule has 0 aromatic heterocycles. The van der Waals surface area contributed by atoms with Gasteiger partial charge in [0, 0.05) is 12.1 Å². The summed E-state index contributed by atoms with van der Waals surface area (Å²) in [5.74, 6) is 0.972. The number of rotatable bonds is 2. The molecule has 1 heteroatoms. The quantitative estimate of drug-likeness (QED) is 0.688. The van der Waals surface area contributed by atoms with Crippen LogP contribution in [0.5, 0.6) is 0 Å². The van der Waals surface area contributed by atoms with Gasteiger partial charge >= 0.3 is 0 Å². The Bertz CT molecular complexity index is 269. The van der Waals surface area contributed by atoms with Gasteiger partial charge in [0.2, 0.25) is 0 Å². The van der Waals surface area contributed by atoms with E-state index in [9.17, 15) is 0 Å². The summed E-state index contributed by atoms with van der Waals surface area (Å²) in [6.45, 7) is 2.44. The van der Waals surface area contributed by atoms with E-state index in [1.807, 2.05) is 0 Å². The zero-order valence-corrected chi connectivity index (χ0v) is 12.9. The van der Waals surface area contributed by atoms with Gasteiger partial charge in [0.05, 0.1) is 0 Å². The van der Waals surface area contributed by atoms with Crippen LogP contribution in [0.4, 0.5) is 0 Å². The lowest BCUT2D eigenvalue weighted by Gasteiger charge is -2.39. The summed E-state index contributed by atoms with van der Waals surface area (Å²) < 4.78 is 0. The lowest BCUT2D eigenvalue weighted by atomic mass is 9.71. The third-order valence-electron chi connectivity index (χ3n) is 6.44. The van der Waals surface area contributed by atoms with E-state index in [4.69, 9.17) is 0 Å². The molecule has 1 N–H and O–H groups in total. The molecule has 3 fully saturated rings. The number of nitrogens with one attached hydrogen (secondary N) is 1. The van der Waals surface area contributed by atoms with Gasteiger partial charge in [-0.2, -0.15) is 0 Å². The summed E-state index contributed by atoms with van der Waals surface area (Å²) in [5, 5.41) is 4.02. The van der Waals surface area contributed by atoms with Crippen LogP contribution < -0.4 is 5.32 Å². The second kappa shape index (κ2) is 6.16. The molecular weight excluding hydrogens is 230 g/mol. The maximum atomic E-state index is 4.02. The molecule has 3 saturated carbocycles. The minimum Gasteiger partial charge on any atom is -0.311 e. The fourth-order valence-electron chi connectivity index (χ4n) is 5.01. The van der Waals surface area contributed by atoms with E-state index in [-0.39, 0.29) is 0 Å². The number of hydrogen-bond donors (Lipinski definition) is 1. The Kier molecular flexibility index (Phi) is 4.51. The second-order valence-electron chi connectivity index (χ2n) is 7.96. The Hall–Kier alpha value is -0.0400. The van der Waals surface area contributed by atoms with Crippen molar-refractivity contribution in [3.05, 3.63) is 0 Å². The van der Waals surface area contributed by atoms with Crippen LogP contribution >= 0.6 is 0 Å². The van der Waals surface area contributed by atoms with E-state index < -0.39 is 0 Å². The highest BCUT2D eigenvalue weighted by Gasteiger charge is 2.37. The summed E-state index contributed by atoms with van der Waals surface area (Å²) in [4.78, 5) is 0. The largest absolute Gasteiger partial charge is 0.311 e. The highest BCUT2D eigenvalue weighted by molar-refractivity contribution is 4.92. The first-order chi connectivity index (χ1) is 9.26. The fourth-order valence-corrected chi connectivity index (χ4v) is 5.01. The molecule has 2 unspecified atom stereocenters. The van der Waals surface area contributed by atoms with Gasteiger partial charge in [0.25, 0.3) is 0 Å². The van der Waals surface area contributed by atoms with Crippen LogP contribution in [0.3, 0.4) is 0 Å². The molecule has 19 heavy (non-hydrogen) atoms. The topological polar surface area (TPSA) is 12.0 Å². The summed E-state index contributed by atoms with van der Waals surface area (Å²) in [6.07, 6.45) is 19.3. The van der Waals surface area contributed by atoms with Crippen molar-refractivity contribution in [3.8, 4) is 0 Å². The van der Waals surface area contributed by atoms with Crippen LogP contribution in [0.1, 0.15) is 90.4 Å². The molecule has 3 aliphatic rings. The van der Waals surface area contributed by atoms with Crippen LogP contribution in [0.25, 0.3) is 0 Å².